The fourth-order valence-corrected chi connectivity index (χ4v) is 9.05. The van der Waals surface area contributed by atoms with Gasteiger partial charge in [-0.1, -0.05) is 29.8 Å². The smallest absolute Gasteiger partial charge is 0.258 e. The first kappa shape index (κ1) is 35.7. The van der Waals surface area contributed by atoms with Gasteiger partial charge in [0.2, 0.25) is 17.6 Å². The minimum Gasteiger partial charge on any atom is -0.508 e. The number of rotatable bonds is 7. The number of phenols is 2. The zero-order valence-corrected chi connectivity index (χ0v) is 28.5. The standard InChI is InChI=1S/C36H27Cl2F5N2O7/c1-2-52-22-13-16(5-10-21(22)47)24-18-8-9-19-23(32(49)44(31(19)48)12-11-15-3-6-17(46)7-4-15)20(18)14-35(37)33(50)45(34(51)36(24,35)38)30-28(42)26(40)25(39)27(41)29(30)43/h3-8,10,13,19-20,23-24,46-47H,2,9,11-12,14H2,1H3. The Labute approximate surface area is 302 Å². The lowest BCUT2D eigenvalue weighted by Crippen LogP contribution is -2.60. The number of phenolic OH excluding ortho intramolecular Hbond substituents is 2. The second kappa shape index (κ2) is 12.5. The second-order valence-electron chi connectivity index (χ2n) is 13.1. The molecule has 4 amide bonds. The lowest BCUT2D eigenvalue weighted by molar-refractivity contribution is -0.140. The summed E-state index contributed by atoms with van der Waals surface area (Å²) < 4.78 is 79.0. The summed E-state index contributed by atoms with van der Waals surface area (Å²) in [4.78, 5) is 52.0. The first-order chi connectivity index (χ1) is 24.6. The molecule has 3 aromatic carbocycles. The van der Waals surface area contributed by atoms with E-state index >= 15 is 8.78 Å². The van der Waals surface area contributed by atoms with Crippen LogP contribution in [0.4, 0.5) is 27.6 Å². The number of benzene rings is 3. The van der Waals surface area contributed by atoms with Gasteiger partial charge in [0, 0.05) is 12.5 Å². The number of carbonyl (C=O) groups excluding carboxylic acids is 4. The molecule has 0 aromatic heterocycles. The highest BCUT2D eigenvalue weighted by Crippen LogP contribution is 2.66. The van der Waals surface area contributed by atoms with Crippen molar-refractivity contribution in [1.82, 2.24) is 4.90 Å². The van der Waals surface area contributed by atoms with Gasteiger partial charge >= 0.3 is 0 Å². The van der Waals surface area contributed by atoms with Crippen LogP contribution in [0.15, 0.2) is 54.1 Å². The van der Waals surface area contributed by atoms with E-state index in [1.807, 2.05) is 0 Å². The van der Waals surface area contributed by atoms with Crippen LogP contribution in [-0.2, 0) is 25.6 Å². The van der Waals surface area contributed by atoms with E-state index in [0.717, 1.165) is 10.5 Å². The Morgan fingerprint density at radius 3 is 2.12 bits per heavy atom. The zero-order valence-electron chi connectivity index (χ0n) is 26.9. The first-order valence-electron chi connectivity index (χ1n) is 16.1. The number of halogens is 7. The van der Waals surface area contributed by atoms with E-state index in [1.54, 1.807) is 25.1 Å². The fourth-order valence-electron chi connectivity index (χ4n) is 8.11. The Morgan fingerprint density at radius 2 is 1.48 bits per heavy atom. The van der Waals surface area contributed by atoms with E-state index < -0.39 is 98.2 Å². The number of aromatic hydroxyl groups is 2. The van der Waals surface area contributed by atoms with Gasteiger partial charge in [-0.05, 0) is 67.5 Å². The molecule has 272 valence electrons. The van der Waals surface area contributed by atoms with Crippen LogP contribution in [0.25, 0.3) is 0 Å². The van der Waals surface area contributed by atoms with Crippen molar-refractivity contribution < 1.29 is 56.1 Å². The maximum absolute atomic E-state index is 15.2. The van der Waals surface area contributed by atoms with E-state index in [-0.39, 0.29) is 59.3 Å². The normalized spacial score (nSPS) is 28.2. The number of hydrogen-bond donors (Lipinski definition) is 2. The molecule has 3 fully saturated rings. The van der Waals surface area contributed by atoms with E-state index in [2.05, 4.69) is 0 Å². The van der Waals surface area contributed by atoms with Crippen molar-refractivity contribution >= 4 is 52.5 Å². The third kappa shape index (κ3) is 4.86. The van der Waals surface area contributed by atoms with Gasteiger partial charge in [-0.15, -0.1) is 23.2 Å². The number of likely N-dealkylation sites (tertiary alicyclic amines) is 1. The van der Waals surface area contributed by atoms with E-state index in [0.29, 0.717) is 0 Å². The van der Waals surface area contributed by atoms with Gasteiger partial charge in [0.15, 0.2) is 44.5 Å². The maximum Gasteiger partial charge on any atom is 0.258 e. The number of ether oxygens (including phenoxy) is 1. The molecule has 4 aliphatic rings. The highest BCUT2D eigenvalue weighted by molar-refractivity contribution is 6.58. The van der Waals surface area contributed by atoms with Crippen LogP contribution < -0.4 is 9.64 Å². The highest BCUT2D eigenvalue weighted by Gasteiger charge is 2.77. The van der Waals surface area contributed by atoms with Crippen molar-refractivity contribution in [3.8, 4) is 17.2 Å². The summed E-state index contributed by atoms with van der Waals surface area (Å²) in [6, 6.07) is 9.98. The molecule has 6 unspecified atom stereocenters. The van der Waals surface area contributed by atoms with Crippen molar-refractivity contribution in [3.05, 3.63) is 94.3 Å². The van der Waals surface area contributed by atoms with Crippen molar-refractivity contribution in [2.75, 3.05) is 18.1 Å². The van der Waals surface area contributed by atoms with Crippen molar-refractivity contribution in [1.29, 1.82) is 0 Å². The Morgan fingerprint density at radius 1 is 0.846 bits per heavy atom. The van der Waals surface area contributed by atoms with Gasteiger partial charge in [0.05, 0.1) is 18.4 Å². The number of hydrogen-bond acceptors (Lipinski definition) is 7. The number of fused-ring (bicyclic) bond motifs is 4. The van der Waals surface area contributed by atoms with Gasteiger partial charge in [-0.3, -0.25) is 24.1 Å². The number of allylic oxidation sites excluding steroid dienone is 2. The van der Waals surface area contributed by atoms with Crippen LogP contribution in [0.1, 0.15) is 36.8 Å². The molecule has 3 aromatic rings. The molecule has 9 nitrogen and oxygen atoms in total. The Hall–Kier alpha value is -4.69. The highest BCUT2D eigenvalue weighted by atomic mass is 35.5. The van der Waals surface area contributed by atoms with Crippen molar-refractivity contribution in [3.63, 3.8) is 0 Å². The summed E-state index contributed by atoms with van der Waals surface area (Å²) in [5, 5.41) is 20.1. The molecule has 2 aliphatic carbocycles. The predicted molar refractivity (Wildman–Crippen MR) is 174 cm³/mol. The van der Waals surface area contributed by atoms with E-state index in [4.69, 9.17) is 27.9 Å². The summed E-state index contributed by atoms with van der Waals surface area (Å²) in [5.74, 6) is -21.7. The molecule has 2 N–H and O–H groups in total. The number of nitrogens with zero attached hydrogens (tertiary/aromatic N) is 2. The lowest BCUT2D eigenvalue weighted by Gasteiger charge is -2.50. The number of imide groups is 2. The van der Waals surface area contributed by atoms with Crippen LogP contribution in [0.5, 0.6) is 17.2 Å². The van der Waals surface area contributed by atoms with Crippen LogP contribution in [0.2, 0.25) is 0 Å². The van der Waals surface area contributed by atoms with Gasteiger partial charge < -0.3 is 14.9 Å². The van der Waals surface area contributed by atoms with Crippen LogP contribution in [-0.4, -0.2) is 61.6 Å². The molecule has 2 heterocycles. The first-order valence-corrected chi connectivity index (χ1v) is 16.9. The molecule has 7 rings (SSSR count). The molecule has 6 atom stereocenters. The lowest BCUT2D eigenvalue weighted by atomic mass is 9.56. The molecule has 2 aliphatic heterocycles. The van der Waals surface area contributed by atoms with Crippen LogP contribution in [0.3, 0.4) is 0 Å². The summed E-state index contributed by atoms with van der Waals surface area (Å²) in [7, 11) is 0. The van der Waals surface area contributed by atoms with Crippen molar-refractivity contribution in [2.24, 2.45) is 17.8 Å². The second-order valence-corrected chi connectivity index (χ2v) is 14.3. The quantitative estimate of drug-likeness (QED) is 0.0756. The third-order valence-corrected chi connectivity index (χ3v) is 11.9. The SMILES string of the molecule is CCOc1cc(C2C3=CCC4C(=O)N(CCc5ccc(O)cc5)C(=O)C4C3CC3(Cl)C(=O)N(c4c(F)c(F)c(F)c(F)c4F)C(=O)C23Cl)ccc1O. The minimum absolute atomic E-state index is 0.0184. The average Bonchev–Trinajstić information content (AvgIpc) is 3.45. The average molecular weight is 766 g/mol. The molecule has 0 radical (unpaired) electrons. The van der Waals surface area contributed by atoms with Crippen LogP contribution in [0, 0.1) is 46.8 Å². The van der Waals surface area contributed by atoms with Gasteiger partial charge in [0.1, 0.15) is 11.4 Å². The Bertz CT molecular complexity index is 2090. The van der Waals surface area contributed by atoms with Crippen molar-refractivity contribution in [2.45, 2.75) is 41.9 Å². The third-order valence-electron chi connectivity index (χ3n) is 10.5. The van der Waals surface area contributed by atoms with E-state index in [9.17, 15) is 42.6 Å². The largest absolute Gasteiger partial charge is 0.508 e. The molecule has 52 heavy (non-hydrogen) atoms. The maximum atomic E-state index is 15.2. The summed E-state index contributed by atoms with van der Waals surface area (Å²) in [6.45, 7) is 1.66. The Kier molecular flexibility index (Phi) is 8.56. The van der Waals surface area contributed by atoms with Crippen LogP contribution >= 0.6 is 23.2 Å². The van der Waals surface area contributed by atoms with Gasteiger partial charge in [-0.2, -0.15) is 0 Å². The summed E-state index contributed by atoms with van der Waals surface area (Å²) in [5.41, 5.74) is -0.792. The molecule has 0 bridgehead atoms. The molecular formula is C36H27Cl2F5N2O7. The topological polar surface area (TPSA) is 124 Å². The number of carbonyl (C=O) groups is 4. The van der Waals surface area contributed by atoms with Gasteiger partial charge in [-0.25, -0.2) is 26.9 Å². The summed E-state index contributed by atoms with van der Waals surface area (Å²) in [6.07, 6.45) is 1.17. The zero-order chi connectivity index (χ0) is 37.6. The summed E-state index contributed by atoms with van der Waals surface area (Å²) >= 11 is 14.3. The molecule has 0 spiro atoms. The number of amides is 4. The minimum atomic E-state index is -2.70. The van der Waals surface area contributed by atoms with Gasteiger partial charge in [0.25, 0.3) is 11.8 Å². The molecular weight excluding hydrogens is 738 g/mol. The molecule has 2 saturated heterocycles. The molecule has 16 heteroatoms. The predicted octanol–water partition coefficient (Wildman–Crippen LogP) is 6.00. The molecule has 1 saturated carbocycles. The number of alkyl halides is 2. The fraction of sp³-hybridized carbons (Fsp3) is 0.333. The monoisotopic (exact) mass is 764 g/mol. The van der Waals surface area contributed by atoms with E-state index in [1.165, 1.54) is 30.3 Å². The number of anilines is 1. The Balaban J connectivity index is 1.37.